The molecule has 3 aromatic rings. The molecule has 0 aliphatic carbocycles. The van der Waals surface area contributed by atoms with Crippen LogP contribution in [0.5, 0.6) is 0 Å². The van der Waals surface area contributed by atoms with E-state index in [2.05, 4.69) is 15.4 Å². The molecule has 1 heterocycles. The van der Waals surface area contributed by atoms with Gasteiger partial charge in [0.25, 0.3) is 5.91 Å². The zero-order chi connectivity index (χ0) is 23.1. The van der Waals surface area contributed by atoms with Gasteiger partial charge in [0.1, 0.15) is 5.82 Å². The van der Waals surface area contributed by atoms with E-state index in [9.17, 15) is 22.4 Å². The van der Waals surface area contributed by atoms with E-state index in [-0.39, 0.29) is 30.4 Å². The molecule has 3 N–H and O–H groups in total. The number of hydrogen-bond acceptors (Lipinski definition) is 5. The predicted molar refractivity (Wildman–Crippen MR) is 120 cm³/mol. The van der Waals surface area contributed by atoms with E-state index in [0.29, 0.717) is 16.0 Å². The first-order valence-electron chi connectivity index (χ1n) is 9.67. The monoisotopic (exact) mass is 475 g/mol. The van der Waals surface area contributed by atoms with Crippen LogP contribution in [0.4, 0.5) is 4.39 Å². The third kappa shape index (κ3) is 6.71. The minimum atomic E-state index is -3.82. The van der Waals surface area contributed by atoms with Gasteiger partial charge < -0.3 is 10.6 Å². The van der Waals surface area contributed by atoms with E-state index >= 15 is 0 Å². The number of nitrogens with one attached hydrogen (secondary N) is 3. The van der Waals surface area contributed by atoms with Crippen LogP contribution in [0.3, 0.4) is 0 Å². The van der Waals surface area contributed by atoms with Crippen LogP contribution >= 0.6 is 11.3 Å². The lowest BCUT2D eigenvalue weighted by atomic mass is 10.2. The molecular weight excluding hydrogens is 453 g/mol. The van der Waals surface area contributed by atoms with Crippen molar-refractivity contribution < 1.29 is 22.4 Å². The Hall–Kier alpha value is -3.08. The van der Waals surface area contributed by atoms with Crippen LogP contribution in [-0.4, -0.2) is 26.8 Å². The highest BCUT2D eigenvalue weighted by atomic mass is 32.2. The first-order valence-corrected chi connectivity index (χ1v) is 12.0. The fourth-order valence-corrected chi connectivity index (χ4v) is 4.67. The molecular formula is C22H22FN3O4S2. The summed E-state index contributed by atoms with van der Waals surface area (Å²) in [6, 6.07) is 15.3. The summed E-state index contributed by atoms with van der Waals surface area (Å²) < 4.78 is 40.8. The van der Waals surface area contributed by atoms with Crippen molar-refractivity contribution in [3.63, 3.8) is 0 Å². The minimum Gasteiger partial charge on any atom is -0.350 e. The summed E-state index contributed by atoms with van der Waals surface area (Å²) in [6.07, 6.45) is 0. The van der Waals surface area contributed by atoms with Crippen LogP contribution in [0.25, 0.3) is 0 Å². The lowest BCUT2D eigenvalue weighted by Crippen LogP contribution is -2.36. The summed E-state index contributed by atoms with van der Waals surface area (Å²) in [7, 11) is -3.82. The van der Waals surface area contributed by atoms with E-state index in [0.717, 1.165) is 4.88 Å². The Balaban J connectivity index is 1.52. The number of aryl methyl sites for hydroxylation is 1. The first-order chi connectivity index (χ1) is 15.2. The second-order valence-corrected chi connectivity index (χ2v) is 10.0. The van der Waals surface area contributed by atoms with Crippen molar-refractivity contribution in [1.82, 2.24) is 15.4 Å². The van der Waals surface area contributed by atoms with Gasteiger partial charge in [0.15, 0.2) is 0 Å². The third-order valence-electron chi connectivity index (χ3n) is 4.43. The predicted octanol–water partition coefficient (Wildman–Crippen LogP) is 2.72. The van der Waals surface area contributed by atoms with Crippen LogP contribution in [0, 0.1) is 12.7 Å². The van der Waals surface area contributed by atoms with Crippen molar-refractivity contribution in [2.24, 2.45) is 0 Å². The average molecular weight is 476 g/mol. The van der Waals surface area contributed by atoms with Crippen LogP contribution in [0.2, 0.25) is 0 Å². The molecule has 32 heavy (non-hydrogen) atoms. The fraction of sp³-hybridized carbons (Fsp3) is 0.182. The van der Waals surface area contributed by atoms with E-state index in [1.54, 1.807) is 24.3 Å². The molecule has 2 amide bonds. The van der Waals surface area contributed by atoms with Crippen molar-refractivity contribution in [3.8, 4) is 0 Å². The standard InChI is InChI=1S/C22H22FN3O4S2/c1-15-8-9-20(31-15)22(28)25-14-21(27)24-12-17-5-3-7-19(11-17)32(29,30)26-13-16-4-2-6-18(23)10-16/h2-11,26H,12-14H2,1H3,(H,24,27)(H,25,28). The van der Waals surface area contributed by atoms with Gasteiger partial charge >= 0.3 is 0 Å². The van der Waals surface area contributed by atoms with Gasteiger partial charge in [-0.2, -0.15) is 0 Å². The van der Waals surface area contributed by atoms with Gasteiger partial charge in [-0.15, -0.1) is 11.3 Å². The van der Waals surface area contributed by atoms with Crippen LogP contribution in [-0.2, 0) is 27.9 Å². The molecule has 0 saturated carbocycles. The third-order valence-corrected chi connectivity index (χ3v) is 6.83. The number of halogens is 1. The van der Waals surface area contributed by atoms with Crippen molar-refractivity contribution in [2.75, 3.05) is 6.54 Å². The molecule has 0 fully saturated rings. The largest absolute Gasteiger partial charge is 0.350 e. The zero-order valence-corrected chi connectivity index (χ0v) is 18.9. The maximum absolute atomic E-state index is 13.3. The molecule has 0 aliphatic heterocycles. The number of hydrogen-bond donors (Lipinski definition) is 3. The lowest BCUT2D eigenvalue weighted by Gasteiger charge is -2.10. The van der Waals surface area contributed by atoms with E-state index in [1.165, 1.54) is 41.7 Å². The molecule has 0 unspecified atom stereocenters. The molecule has 3 rings (SSSR count). The molecule has 0 spiro atoms. The number of carbonyl (C=O) groups is 2. The molecule has 0 saturated heterocycles. The number of thiophene rings is 1. The number of rotatable bonds is 9. The van der Waals surface area contributed by atoms with Crippen molar-refractivity contribution in [2.45, 2.75) is 24.9 Å². The zero-order valence-electron chi connectivity index (χ0n) is 17.2. The quantitative estimate of drug-likeness (QED) is 0.443. The number of amides is 2. The van der Waals surface area contributed by atoms with Gasteiger partial charge in [0.05, 0.1) is 16.3 Å². The minimum absolute atomic E-state index is 0.0296. The summed E-state index contributed by atoms with van der Waals surface area (Å²) in [4.78, 5) is 25.6. The second kappa shape index (κ2) is 10.5. The normalized spacial score (nSPS) is 11.2. The highest BCUT2D eigenvalue weighted by Gasteiger charge is 2.15. The van der Waals surface area contributed by atoms with Gasteiger partial charge in [0.2, 0.25) is 15.9 Å². The van der Waals surface area contributed by atoms with E-state index in [4.69, 9.17) is 0 Å². The molecule has 0 bridgehead atoms. The summed E-state index contributed by atoms with van der Waals surface area (Å²) >= 11 is 1.34. The maximum Gasteiger partial charge on any atom is 0.261 e. The van der Waals surface area contributed by atoms with Gasteiger partial charge in [0, 0.05) is 18.0 Å². The molecule has 1 aromatic heterocycles. The van der Waals surface area contributed by atoms with E-state index < -0.39 is 21.7 Å². The van der Waals surface area contributed by atoms with Gasteiger partial charge in [-0.05, 0) is 54.4 Å². The highest BCUT2D eigenvalue weighted by Crippen LogP contribution is 2.15. The molecule has 2 aromatic carbocycles. The van der Waals surface area contributed by atoms with Crippen LogP contribution < -0.4 is 15.4 Å². The summed E-state index contributed by atoms with van der Waals surface area (Å²) in [5.41, 5.74) is 1.07. The Bertz CT molecular complexity index is 1230. The summed E-state index contributed by atoms with van der Waals surface area (Å²) in [6.45, 7) is 1.74. The Morgan fingerprint density at radius 1 is 0.938 bits per heavy atom. The highest BCUT2D eigenvalue weighted by molar-refractivity contribution is 7.89. The topological polar surface area (TPSA) is 104 Å². The van der Waals surface area contributed by atoms with E-state index in [1.807, 2.05) is 13.0 Å². The van der Waals surface area contributed by atoms with Crippen LogP contribution in [0.15, 0.2) is 65.6 Å². The Labute approximate surface area is 189 Å². The smallest absolute Gasteiger partial charge is 0.261 e. The van der Waals surface area contributed by atoms with Crippen molar-refractivity contribution in [1.29, 1.82) is 0 Å². The molecule has 0 atom stereocenters. The Morgan fingerprint density at radius 2 is 1.66 bits per heavy atom. The molecule has 7 nitrogen and oxygen atoms in total. The summed E-state index contributed by atoms with van der Waals surface area (Å²) in [5.74, 6) is -1.17. The Kier molecular flexibility index (Phi) is 7.73. The van der Waals surface area contributed by atoms with Gasteiger partial charge in [-0.25, -0.2) is 17.5 Å². The first kappa shape index (κ1) is 23.6. The molecule has 168 valence electrons. The van der Waals surface area contributed by atoms with Gasteiger partial charge in [-0.1, -0.05) is 24.3 Å². The average Bonchev–Trinajstić information content (AvgIpc) is 3.21. The number of sulfonamides is 1. The number of benzene rings is 2. The van der Waals surface area contributed by atoms with Crippen LogP contribution in [0.1, 0.15) is 25.7 Å². The lowest BCUT2D eigenvalue weighted by molar-refractivity contribution is -0.120. The fourth-order valence-electron chi connectivity index (χ4n) is 2.80. The second-order valence-electron chi connectivity index (χ2n) is 6.97. The van der Waals surface area contributed by atoms with Gasteiger partial charge in [-0.3, -0.25) is 9.59 Å². The van der Waals surface area contributed by atoms with Crippen molar-refractivity contribution >= 4 is 33.2 Å². The number of carbonyl (C=O) groups excluding carboxylic acids is 2. The molecule has 10 heteroatoms. The molecule has 0 aliphatic rings. The summed E-state index contributed by atoms with van der Waals surface area (Å²) in [5, 5.41) is 5.19. The Morgan fingerprint density at radius 3 is 2.34 bits per heavy atom. The molecule has 0 radical (unpaired) electrons. The van der Waals surface area contributed by atoms with Crippen molar-refractivity contribution in [3.05, 3.63) is 87.4 Å². The maximum atomic E-state index is 13.3. The SMILES string of the molecule is Cc1ccc(C(=O)NCC(=O)NCc2cccc(S(=O)(=O)NCc3cccc(F)c3)c2)s1.